The van der Waals surface area contributed by atoms with Crippen LogP contribution in [0, 0.1) is 11.8 Å². The Labute approximate surface area is 66.4 Å². The van der Waals surface area contributed by atoms with E-state index in [4.69, 9.17) is 0 Å². The summed E-state index contributed by atoms with van der Waals surface area (Å²) in [6, 6.07) is 0. The minimum absolute atomic E-state index is 0.618. The van der Waals surface area contributed by atoms with Gasteiger partial charge in [-0.2, -0.15) is 5.21 Å². The molecule has 1 rings (SSSR count). The van der Waals surface area contributed by atoms with Gasteiger partial charge < -0.3 is 0 Å². The molecule has 0 aromatic carbocycles. The van der Waals surface area contributed by atoms with Crippen LogP contribution in [0.1, 0.15) is 26.6 Å². The fraction of sp³-hybridized carbons (Fsp3) is 0.857. The molecule has 1 N–H and O–H groups in total. The molecule has 0 saturated heterocycles. The number of tetrazole rings is 1. The third kappa shape index (κ3) is 2.29. The van der Waals surface area contributed by atoms with E-state index >= 15 is 0 Å². The zero-order chi connectivity index (χ0) is 8.27. The Kier molecular flexibility index (Phi) is 2.57. The second-order valence-electron chi connectivity index (χ2n) is 3.25. The summed E-state index contributed by atoms with van der Waals surface area (Å²) in [7, 11) is 0. The number of nitrogens with zero attached hydrogens (tertiary/aromatic N) is 3. The van der Waals surface area contributed by atoms with Gasteiger partial charge in [-0.15, -0.1) is 10.2 Å². The van der Waals surface area contributed by atoms with Crippen LogP contribution in [0.2, 0.25) is 0 Å². The lowest BCUT2D eigenvalue weighted by molar-refractivity contribution is 0.409. The Morgan fingerprint density at radius 2 is 2.09 bits per heavy atom. The van der Waals surface area contributed by atoms with E-state index in [0.29, 0.717) is 11.8 Å². The van der Waals surface area contributed by atoms with Crippen LogP contribution in [0.3, 0.4) is 0 Å². The van der Waals surface area contributed by atoms with Crippen molar-refractivity contribution in [2.75, 3.05) is 0 Å². The maximum absolute atomic E-state index is 3.89. The molecule has 1 atom stereocenters. The van der Waals surface area contributed by atoms with Gasteiger partial charge in [0.05, 0.1) is 0 Å². The molecule has 0 unspecified atom stereocenters. The Bertz CT molecular complexity index is 192. The summed E-state index contributed by atoms with van der Waals surface area (Å²) in [6.07, 6.45) is 0.911. The molecule has 1 heterocycles. The van der Waals surface area contributed by atoms with Crippen molar-refractivity contribution in [1.29, 1.82) is 0 Å². The summed E-state index contributed by atoms with van der Waals surface area (Å²) < 4.78 is 0. The highest BCUT2D eigenvalue weighted by atomic mass is 15.5. The highest BCUT2D eigenvalue weighted by molar-refractivity contribution is 4.79. The first-order valence-electron chi connectivity index (χ1n) is 3.92. The van der Waals surface area contributed by atoms with Gasteiger partial charge in [0, 0.05) is 6.42 Å². The van der Waals surface area contributed by atoms with Gasteiger partial charge >= 0.3 is 0 Å². The number of H-pyrrole nitrogens is 1. The van der Waals surface area contributed by atoms with Crippen molar-refractivity contribution in [3.63, 3.8) is 0 Å². The van der Waals surface area contributed by atoms with Crippen molar-refractivity contribution in [2.24, 2.45) is 11.8 Å². The first kappa shape index (κ1) is 8.17. The second-order valence-corrected chi connectivity index (χ2v) is 3.25. The van der Waals surface area contributed by atoms with Crippen LogP contribution < -0.4 is 0 Å². The number of hydrogen-bond donors (Lipinski definition) is 1. The number of rotatable bonds is 3. The molecule has 0 bridgehead atoms. The van der Waals surface area contributed by atoms with Crippen LogP contribution in [-0.4, -0.2) is 20.6 Å². The summed E-state index contributed by atoms with van der Waals surface area (Å²) in [5.74, 6) is 2.10. The fourth-order valence-corrected chi connectivity index (χ4v) is 0.793. The van der Waals surface area contributed by atoms with Crippen LogP contribution in [0.4, 0.5) is 0 Å². The number of aromatic amines is 1. The van der Waals surface area contributed by atoms with Crippen molar-refractivity contribution in [2.45, 2.75) is 27.2 Å². The average Bonchev–Trinajstić information content (AvgIpc) is 2.39. The zero-order valence-electron chi connectivity index (χ0n) is 7.20. The van der Waals surface area contributed by atoms with Crippen molar-refractivity contribution in [3.8, 4) is 0 Å². The van der Waals surface area contributed by atoms with E-state index in [9.17, 15) is 0 Å². The molecule has 0 spiro atoms. The monoisotopic (exact) mass is 154 g/mol. The molecule has 0 fully saturated rings. The van der Waals surface area contributed by atoms with Crippen molar-refractivity contribution in [3.05, 3.63) is 5.82 Å². The lowest BCUT2D eigenvalue weighted by Crippen LogP contribution is -2.08. The maximum atomic E-state index is 3.89. The van der Waals surface area contributed by atoms with Crippen molar-refractivity contribution >= 4 is 0 Å². The molecule has 0 saturated carbocycles. The van der Waals surface area contributed by atoms with Crippen LogP contribution in [0.5, 0.6) is 0 Å². The first-order valence-corrected chi connectivity index (χ1v) is 3.92. The normalized spacial score (nSPS) is 13.8. The summed E-state index contributed by atoms with van der Waals surface area (Å²) in [5, 5.41) is 13.7. The number of aromatic nitrogens is 4. The molecule has 0 aliphatic rings. The molecule has 0 amide bonds. The van der Waals surface area contributed by atoms with Gasteiger partial charge in [-0.1, -0.05) is 26.0 Å². The van der Waals surface area contributed by atoms with Crippen molar-refractivity contribution in [1.82, 2.24) is 20.6 Å². The Morgan fingerprint density at radius 3 is 2.55 bits per heavy atom. The molecule has 1 aromatic heterocycles. The van der Waals surface area contributed by atoms with Gasteiger partial charge in [-0.3, -0.25) is 0 Å². The van der Waals surface area contributed by atoms with Crippen LogP contribution in [0.25, 0.3) is 0 Å². The van der Waals surface area contributed by atoms with E-state index in [0.717, 1.165) is 12.2 Å². The lowest BCUT2D eigenvalue weighted by Gasteiger charge is -2.11. The molecule has 0 aliphatic carbocycles. The summed E-state index contributed by atoms with van der Waals surface area (Å²) >= 11 is 0. The molecular formula is C7H14N4. The minimum atomic E-state index is 0.618. The fourth-order valence-electron chi connectivity index (χ4n) is 0.793. The summed E-state index contributed by atoms with van der Waals surface area (Å²) in [5.41, 5.74) is 0. The predicted octanol–water partition coefficient (Wildman–Crippen LogP) is 1.03. The number of nitrogens with one attached hydrogen (secondary N) is 1. The zero-order valence-corrected chi connectivity index (χ0v) is 7.20. The Morgan fingerprint density at radius 1 is 1.36 bits per heavy atom. The van der Waals surface area contributed by atoms with E-state index in [-0.39, 0.29) is 0 Å². The largest absolute Gasteiger partial charge is 0.177 e. The Balaban J connectivity index is 2.43. The van der Waals surface area contributed by atoms with Gasteiger partial charge in [-0.25, -0.2) is 0 Å². The molecular weight excluding hydrogens is 140 g/mol. The number of hydrogen-bond acceptors (Lipinski definition) is 3. The molecule has 4 nitrogen and oxygen atoms in total. The molecule has 4 heteroatoms. The van der Waals surface area contributed by atoms with Gasteiger partial charge in [0.2, 0.25) is 0 Å². The van der Waals surface area contributed by atoms with Crippen LogP contribution in [-0.2, 0) is 6.42 Å². The first-order chi connectivity index (χ1) is 5.20. The smallest absolute Gasteiger partial charge is 0.174 e. The topological polar surface area (TPSA) is 54.5 Å². The van der Waals surface area contributed by atoms with Crippen LogP contribution >= 0.6 is 0 Å². The maximum Gasteiger partial charge on any atom is 0.174 e. The molecule has 62 valence electrons. The second kappa shape index (κ2) is 3.46. The Hall–Kier alpha value is -0.930. The molecule has 0 radical (unpaired) electrons. The van der Waals surface area contributed by atoms with E-state index < -0.39 is 0 Å². The highest BCUT2D eigenvalue weighted by Crippen LogP contribution is 2.12. The molecule has 0 aliphatic heterocycles. The van der Waals surface area contributed by atoms with Gasteiger partial charge in [0.1, 0.15) is 0 Å². The third-order valence-electron chi connectivity index (χ3n) is 2.03. The van der Waals surface area contributed by atoms with E-state index in [1.54, 1.807) is 0 Å². The third-order valence-corrected chi connectivity index (χ3v) is 2.03. The van der Waals surface area contributed by atoms with E-state index in [1.165, 1.54) is 0 Å². The van der Waals surface area contributed by atoms with Gasteiger partial charge in [-0.05, 0) is 11.8 Å². The standard InChI is InChI=1S/C7H14N4/c1-5(2)6(3)4-7-8-10-11-9-7/h5-6H,4H2,1-3H3,(H,8,9,10,11)/t6-/m1/s1. The van der Waals surface area contributed by atoms with E-state index in [2.05, 4.69) is 41.4 Å². The predicted molar refractivity (Wildman–Crippen MR) is 41.9 cm³/mol. The highest BCUT2D eigenvalue weighted by Gasteiger charge is 2.10. The van der Waals surface area contributed by atoms with Gasteiger partial charge in [0.25, 0.3) is 0 Å². The summed E-state index contributed by atoms with van der Waals surface area (Å²) in [6.45, 7) is 6.59. The van der Waals surface area contributed by atoms with Crippen LogP contribution in [0.15, 0.2) is 0 Å². The quantitative estimate of drug-likeness (QED) is 0.707. The molecule has 1 aromatic rings. The summed E-state index contributed by atoms with van der Waals surface area (Å²) in [4.78, 5) is 0. The molecule has 11 heavy (non-hydrogen) atoms. The average molecular weight is 154 g/mol. The minimum Gasteiger partial charge on any atom is -0.177 e. The van der Waals surface area contributed by atoms with Gasteiger partial charge in [0.15, 0.2) is 5.82 Å². The SMILES string of the molecule is CC(C)[C@H](C)Cc1nn[nH]n1. The lowest BCUT2D eigenvalue weighted by atomic mass is 9.95. The van der Waals surface area contributed by atoms with Crippen molar-refractivity contribution < 1.29 is 0 Å². The van der Waals surface area contributed by atoms with E-state index in [1.807, 2.05) is 0 Å².